The lowest BCUT2D eigenvalue weighted by molar-refractivity contribution is 1.73. The Morgan fingerprint density at radius 1 is 1.44 bits per heavy atom. The molecule has 0 heterocycles. The highest BCUT2D eigenvalue weighted by Crippen LogP contribution is 2.14. The van der Waals surface area contributed by atoms with Crippen LogP contribution in [0.3, 0.4) is 0 Å². The normalized spacial score (nSPS) is 9.44. The van der Waals surface area contributed by atoms with E-state index in [9.17, 15) is 0 Å². The molecule has 46 valence electrons. The van der Waals surface area contributed by atoms with E-state index in [1.807, 2.05) is 20.0 Å². The third-order valence-electron chi connectivity index (χ3n) is 1.15. The molecular weight excluding hydrogens is 132 g/mol. The van der Waals surface area contributed by atoms with E-state index in [0.29, 0.717) is 10.7 Å². The van der Waals surface area contributed by atoms with Crippen molar-refractivity contribution in [3.8, 4) is 0 Å². The monoisotopic (exact) mass is 139 g/mol. The minimum absolute atomic E-state index is 0.626. The van der Waals surface area contributed by atoms with Gasteiger partial charge < -0.3 is 5.73 Å². The zero-order chi connectivity index (χ0) is 6.85. The van der Waals surface area contributed by atoms with Gasteiger partial charge in [-0.15, -0.1) is 0 Å². The Labute approximate surface area is 60.2 Å². The maximum atomic E-state index is 5.66. The summed E-state index contributed by atoms with van der Waals surface area (Å²) in [5.41, 5.74) is 7.27. The number of nitrogens with two attached hydrogens (primary N) is 1. The van der Waals surface area contributed by atoms with Crippen molar-refractivity contribution in [1.82, 2.24) is 0 Å². The van der Waals surface area contributed by atoms with Crippen molar-refractivity contribution in [2.75, 3.05) is 5.73 Å². The predicted molar refractivity (Wildman–Crippen MR) is 44.0 cm³/mol. The van der Waals surface area contributed by atoms with E-state index < -0.39 is 0 Å². The molecule has 1 aromatic carbocycles. The van der Waals surface area contributed by atoms with Crippen LogP contribution < -0.4 is 11.2 Å². The third kappa shape index (κ3) is 1.39. The van der Waals surface area contributed by atoms with Gasteiger partial charge in [-0.05, 0) is 12.1 Å². The van der Waals surface area contributed by atoms with Gasteiger partial charge in [0.2, 0.25) is 0 Å². The van der Waals surface area contributed by atoms with Crippen LogP contribution in [0.4, 0.5) is 5.69 Å². The number of halogens is 1. The Balaban J connectivity index is 3.17. The molecule has 0 aliphatic rings. The number of anilines is 1. The first-order chi connectivity index (χ1) is 4.20. The van der Waals surface area contributed by atoms with Crippen molar-refractivity contribution in [2.45, 2.75) is 0 Å². The van der Waals surface area contributed by atoms with Crippen LogP contribution in [0.2, 0.25) is 5.02 Å². The number of hydrogen-bond acceptors (Lipinski definition) is 1. The average molecular weight is 139 g/mol. The summed E-state index contributed by atoms with van der Waals surface area (Å²) >= 11 is 5.66. The Bertz CT molecular complexity index is 224. The molecular formula is C6H7BClN. The molecule has 3 heteroatoms. The van der Waals surface area contributed by atoms with Gasteiger partial charge in [-0.1, -0.05) is 23.1 Å². The third-order valence-corrected chi connectivity index (χ3v) is 1.50. The first-order valence-corrected chi connectivity index (χ1v) is 3.09. The van der Waals surface area contributed by atoms with Gasteiger partial charge in [0.1, 0.15) is 7.85 Å². The summed E-state index contributed by atoms with van der Waals surface area (Å²) in [7, 11) is 1.98. The van der Waals surface area contributed by atoms with E-state index in [4.69, 9.17) is 17.3 Å². The van der Waals surface area contributed by atoms with E-state index in [1.165, 1.54) is 0 Å². The van der Waals surface area contributed by atoms with Crippen molar-refractivity contribution in [3.05, 3.63) is 23.2 Å². The van der Waals surface area contributed by atoms with Gasteiger partial charge in [0.05, 0.1) is 5.02 Å². The van der Waals surface area contributed by atoms with Gasteiger partial charge in [-0.25, -0.2) is 0 Å². The molecule has 0 aliphatic carbocycles. The Kier molecular flexibility index (Phi) is 1.67. The molecule has 0 aromatic heterocycles. The van der Waals surface area contributed by atoms with Crippen molar-refractivity contribution < 1.29 is 0 Å². The highest BCUT2D eigenvalue weighted by atomic mass is 35.5. The number of rotatable bonds is 0. The first-order valence-electron chi connectivity index (χ1n) is 2.72. The number of nitrogen functional groups attached to an aromatic ring is 1. The van der Waals surface area contributed by atoms with Gasteiger partial charge >= 0.3 is 0 Å². The second-order valence-electron chi connectivity index (χ2n) is 2.02. The highest BCUT2D eigenvalue weighted by molar-refractivity contribution is 6.36. The summed E-state index contributed by atoms with van der Waals surface area (Å²) in [5.74, 6) is 0. The largest absolute Gasteiger partial charge is 0.398 e. The topological polar surface area (TPSA) is 26.0 Å². The van der Waals surface area contributed by atoms with Crippen LogP contribution in [0.15, 0.2) is 18.2 Å². The molecule has 9 heavy (non-hydrogen) atoms. The van der Waals surface area contributed by atoms with Gasteiger partial charge in [-0.3, -0.25) is 0 Å². The summed E-state index contributed by atoms with van der Waals surface area (Å²) in [6.07, 6.45) is 0. The van der Waals surface area contributed by atoms with Crippen molar-refractivity contribution in [3.63, 3.8) is 0 Å². The van der Waals surface area contributed by atoms with Crippen molar-refractivity contribution in [2.24, 2.45) is 0 Å². The Hall–Kier alpha value is -0.625. The zero-order valence-corrected chi connectivity index (χ0v) is 5.94. The van der Waals surface area contributed by atoms with E-state index in [-0.39, 0.29) is 0 Å². The molecule has 2 N–H and O–H groups in total. The minimum atomic E-state index is 0.626. The molecule has 1 nitrogen and oxygen atoms in total. The molecule has 0 saturated carbocycles. The van der Waals surface area contributed by atoms with E-state index in [1.54, 1.807) is 6.07 Å². The molecule has 0 amide bonds. The molecule has 0 aliphatic heterocycles. The van der Waals surface area contributed by atoms with Gasteiger partial charge in [0.15, 0.2) is 0 Å². The van der Waals surface area contributed by atoms with Crippen molar-refractivity contribution >= 4 is 30.6 Å². The first kappa shape index (κ1) is 6.49. The lowest BCUT2D eigenvalue weighted by Crippen LogP contribution is -2.02. The van der Waals surface area contributed by atoms with E-state index >= 15 is 0 Å². The summed E-state index contributed by atoms with van der Waals surface area (Å²) in [6.45, 7) is 0. The summed E-state index contributed by atoms with van der Waals surface area (Å²) in [6, 6.07) is 5.58. The summed E-state index contributed by atoms with van der Waals surface area (Å²) < 4.78 is 0. The van der Waals surface area contributed by atoms with Crippen LogP contribution in [-0.2, 0) is 0 Å². The number of benzene rings is 1. The molecule has 0 fully saturated rings. The van der Waals surface area contributed by atoms with Crippen LogP contribution in [-0.4, -0.2) is 7.85 Å². The van der Waals surface area contributed by atoms with Gasteiger partial charge in [0, 0.05) is 5.69 Å². The molecule has 0 unspecified atom stereocenters. The summed E-state index contributed by atoms with van der Waals surface area (Å²) in [5, 5.41) is 0.626. The van der Waals surface area contributed by atoms with Gasteiger partial charge in [0.25, 0.3) is 0 Å². The second kappa shape index (κ2) is 2.32. The molecule has 0 spiro atoms. The molecule has 0 radical (unpaired) electrons. The lowest BCUT2D eigenvalue weighted by atomic mass is 9.96. The van der Waals surface area contributed by atoms with Crippen LogP contribution >= 0.6 is 11.6 Å². The molecule has 0 saturated heterocycles. The van der Waals surface area contributed by atoms with Crippen LogP contribution in [0, 0.1) is 0 Å². The van der Waals surface area contributed by atoms with E-state index in [0.717, 1.165) is 5.46 Å². The fraction of sp³-hybridized carbons (Fsp3) is 0. The maximum Gasteiger partial charge on any atom is 0.139 e. The maximum absolute atomic E-state index is 5.66. The molecule has 1 rings (SSSR count). The van der Waals surface area contributed by atoms with Crippen LogP contribution in [0.5, 0.6) is 0 Å². The number of hydrogen-bond donors (Lipinski definition) is 1. The van der Waals surface area contributed by atoms with Crippen LogP contribution in [0.25, 0.3) is 0 Å². The predicted octanol–water partition coefficient (Wildman–Crippen LogP) is 0.181. The van der Waals surface area contributed by atoms with Crippen molar-refractivity contribution in [1.29, 1.82) is 0 Å². The standard InChI is InChI=1S/C6H7BClN/c7-4-1-2-5(8)6(9)3-4/h1-3H,7,9H2. The molecule has 0 bridgehead atoms. The Morgan fingerprint density at radius 2 is 2.11 bits per heavy atom. The molecule has 1 aromatic rings. The molecule has 0 atom stereocenters. The minimum Gasteiger partial charge on any atom is -0.398 e. The second-order valence-corrected chi connectivity index (χ2v) is 2.43. The fourth-order valence-corrected chi connectivity index (χ4v) is 0.781. The van der Waals surface area contributed by atoms with E-state index in [2.05, 4.69) is 0 Å². The smallest absolute Gasteiger partial charge is 0.139 e. The van der Waals surface area contributed by atoms with Gasteiger partial charge in [-0.2, -0.15) is 0 Å². The zero-order valence-electron chi connectivity index (χ0n) is 5.19. The SMILES string of the molecule is Bc1ccc(Cl)c(N)c1. The van der Waals surface area contributed by atoms with Crippen LogP contribution in [0.1, 0.15) is 0 Å². The quantitative estimate of drug-likeness (QED) is 0.403. The highest BCUT2D eigenvalue weighted by Gasteiger charge is 1.91. The lowest BCUT2D eigenvalue weighted by Gasteiger charge is -1.96. The summed E-state index contributed by atoms with van der Waals surface area (Å²) in [4.78, 5) is 0. The average Bonchev–Trinajstić information content (AvgIpc) is 1.80. The Morgan fingerprint density at radius 3 is 2.56 bits per heavy atom. The fourth-order valence-electron chi connectivity index (χ4n) is 0.663.